The van der Waals surface area contributed by atoms with E-state index in [-0.39, 0.29) is 17.1 Å². The lowest BCUT2D eigenvalue weighted by Crippen LogP contribution is -2.08. The number of aromatic nitrogens is 1. The van der Waals surface area contributed by atoms with Crippen LogP contribution in [0.5, 0.6) is 0 Å². The van der Waals surface area contributed by atoms with Gasteiger partial charge in [0, 0.05) is 12.1 Å². The molecule has 6 nitrogen and oxygen atoms in total. The van der Waals surface area contributed by atoms with Crippen molar-refractivity contribution in [3.05, 3.63) is 35.5 Å². The van der Waals surface area contributed by atoms with E-state index in [1.54, 1.807) is 12.1 Å². The molecule has 0 fully saturated rings. The first-order chi connectivity index (χ1) is 10.0. The Labute approximate surface area is 122 Å². The summed E-state index contributed by atoms with van der Waals surface area (Å²) in [5.41, 5.74) is 0.816. The number of carboxylic acids is 1. The molecule has 0 bridgehead atoms. The molecule has 0 spiro atoms. The second-order valence-electron chi connectivity index (χ2n) is 4.97. The van der Waals surface area contributed by atoms with Crippen molar-refractivity contribution >= 4 is 11.9 Å². The lowest BCUT2D eigenvalue weighted by atomic mass is 10.1. The predicted octanol–water partition coefficient (Wildman–Crippen LogP) is 2.98. The zero-order valence-corrected chi connectivity index (χ0v) is 11.8. The van der Waals surface area contributed by atoms with Crippen LogP contribution in [0, 0.1) is 17.2 Å². The number of benzene rings is 1. The van der Waals surface area contributed by atoms with E-state index in [2.05, 4.69) is 10.3 Å². The van der Waals surface area contributed by atoms with Crippen LogP contribution >= 0.6 is 0 Å². The summed E-state index contributed by atoms with van der Waals surface area (Å²) in [6.07, 6.45) is 0. The molecule has 0 atom stereocenters. The molecule has 0 unspecified atom stereocenters. The van der Waals surface area contributed by atoms with E-state index < -0.39 is 5.97 Å². The number of oxazole rings is 1. The molecule has 2 N–H and O–H groups in total. The number of rotatable bonds is 5. The normalized spacial score (nSPS) is 10.4. The molecule has 21 heavy (non-hydrogen) atoms. The third-order valence-electron chi connectivity index (χ3n) is 2.76. The van der Waals surface area contributed by atoms with Crippen LogP contribution < -0.4 is 5.32 Å². The summed E-state index contributed by atoms with van der Waals surface area (Å²) in [6.45, 7) is 4.72. The number of carboxylic acid groups (broad SMARTS) is 1. The molecule has 2 rings (SSSR count). The molecule has 1 aromatic carbocycles. The second kappa shape index (κ2) is 6.09. The fourth-order valence-electron chi connectivity index (χ4n) is 1.72. The average molecular weight is 285 g/mol. The highest BCUT2D eigenvalue weighted by Crippen LogP contribution is 2.26. The minimum Gasteiger partial charge on any atom is -0.478 e. The van der Waals surface area contributed by atoms with E-state index in [4.69, 9.17) is 14.8 Å². The van der Waals surface area contributed by atoms with Crippen molar-refractivity contribution in [1.29, 1.82) is 5.26 Å². The molecule has 0 saturated carbocycles. The van der Waals surface area contributed by atoms with Crippen LogP contribution in [0.15, 0.2) is 28.7 Å². The van der Waals surface area contributed by atoms with Crippen LogP contribution in [-0.2, 0) is 0 Å². The summed E-state index contributed by atoms with van der Waals surface area (Å²) < 4.78 is 5.54. The summed E-state index contributed by atoms with van der Waals surface area (Å²) in [6, 6.07) is 8.20. The van der Waals surface area contributed by atoms with Crippen LogP contribution in [0.1, 0.15) is 29.9 Å². The molecular formula is C15H15N3O3. The highest BCUT2D eigenvalue weighted by atomic mass is 16.4. The maximum Gasteiger partial charge on any atom is 0.335 e. The molecule has 0 radical (unpaired) electrons. The van der Waals surface area contributed by atoms with Crippen LogP contribution in [0.4, 0.5) is 5.88 Å². The van der Waals surface area contributed by atoms with Gasteiger partial charge in [0.1, 0.15) is 6.07 Å². The number of nitrogens with one attached hydrogen (secondary N) is 1. The number of nitriles is 1. The Hall–Kier alpha value is -2.81. The molecule has 108 valence electrons. The van der Waals surface area contributed by atoms with E-state index in [9.17, 15) is 4.79 Å². The van der Waals surface area contributed by atoms with Gasteiger partial charge in [0.25, 0.3) is 0 Å². The second-order valence-corrected chi connectivity index (χ2v) is 4.97. The van der Waals surface area contributed by atoms with E-state index in [1.165, 1.54) is 12.1 Å². The Morgan fingerprint density at radius 3 is 2.90 bits per heavy atom. The minimum absolute atomic E-state index is 0.140. The van der Waals surface area contributed by atoms with Crippen molar-refractivity contribution in [2.24, 2.45) is 5.92 Å². The van der Waals surface area contributed by atoms with E-state index >= 15 is 0 Å². The quantitative estimate of drug-likeness (QED) is 0.876. The number of hydrogen-bond acceptors (Lipinski definition) is 5. The first kappa shape index (κ1) is 14.6. The number of carbonyl (C=O) groups is 1. The average Bonchev–Trinajstić information content (AvgIpc) is 2.88. The zero-order valence-electron chi connectivity index (χ0n) is 11.8. The summed E-state index contributed by atoms with van der Waals surface area (Å²) >= 11 is 0. The van der Waals surface area contributed by atoms with Gasteiger partial charge in [-0.1, -0.05) is 19.9 Å². The topological polar surface area (TPSA) is 99.2 Å². The molecule has 1 heterocycles. The Balaban J connectivity index is 2.34. The molecule has 0 aliphatic heterocycles. The third kappa shape index (κ3) is 3.39. The standard InChI is InChI=1S/C15H15N3O3/c1-9(2)8-17-14-12(7-16)18-13(21-14)10-4-3-5-11(6-10)15(19)20/h3-6,9,17H,8H2,1-2H3,(H,19,20). The fourth-order valence-corrected chi connectivity index (χ4v) is 1.72. The summed E-state index contributed by atoms with van der Waals surface area (Å²) in [4.78, 5) is 15.1. The smallest absolute Gasteiger partial charge is 0.335 e. The maximum atomic E-state index is 11.0. The molecule has 0 amide bonds. The highest BCUT2D eigenvalue weighted by molar-refractivity contribution is 5.89. The van der Waals surface area contributed by atoms with Crippen molar-refractivity contribution in [3.63, 3.8) is 0 Å². The first-order valence-electron chi connectivity index (χ1n) is 6.49. The summed E-state index contributed by atoms with van der Waals surface area (Å²) in [7, 11) is 0. The molecule has 2 aromatic rings. The lowest BCUT2D eigenvalue weighted by molar-refractivity contribution is 0.0697. The third-order valence-corrected chi connectivity index (χ3v) is 2.76. The van der Waals surface area contributed by atoms with Gasteiger partial charge in [0.05, 0.1) is 5.56 Å². The Morgan fingerprint density at radius 1 is 1.52 bits per heavy atom. The number of aromatic carboxylic acids is 1. The van der Waals surface area contributed by atoms with Gasteiger partial charge >= 0.3 is 5.97 Å². The van der Waals surface area contributed by atoms with Crippen LogP contribution in [0.25, 0.3) is 11.5 Å². The van der Waals surface area contributed by atoms with E-state index in [1.807, 2.05) is 19.9 Å². The zero-order chi connectivity index (χ0) is 15.4. The number of anilines is 1. The molecule has 1 aromatic heterocycles. The molecule has 0 aliphatic carbocycles. The van der Waals surface area contributed by atoms with Crippen molar-refractivity contribution in [1.82, 2.24) is 4.98 Å². The SMILES string of the molecule is CC(C)CNc1oc(-c2cccc(C(=O)O)c2)nc1C#N. The van der Waals surface area contributed by atoms with Gasteiger partial charge in [-0.15, -0.1) is 0 Å². The minimum atomic E-state index is -1.03. The fraction of sp³-hybridized carbons (Fsp3) is 0.267. The molecule has 0 aliphatic rings. The van der Waals surface area contributed by atoms with Crippen LogP contribution in [0.3, 0.4) is 0 Å². The predicted molar refractivity (Wildman–Crippen MR) is 76.9 cm³/mol. The number of hydrogen-bond donors (Lipinski definition) is 2. The summed E-state index contributed by atoms with van der Waals surface area (Å²) in [5, 5.41) is 21.1. The Kier molecular flexibility index (Phi) is 4.24. The Bertz CT molecular complexity index is 698. The molecular weight excluding hydrogens is 270 g/mol. The van der Waals surface area contributed by atoms with E-state index in [0.717, 1.165) is 0 Å². The van der Waals surface area contributed by atoms with Crippen molar-refractivity contribution in [2.45, 2.75) is 13.8 Å². The summed E-state index contributed by atoms with van der Waals surface area (Å²) in [5.74, 6) is -0.106. The molecule has 6 heteroatoms. The number of nitrogens with zero attached hydrogens (tertiary/aromatic N) is 2. The lowest BCUT2D eigenvalue weighted by Gasteiger charge is -2.05. The van der Waals surface area contributed by atoms with Crippen molar-refractivity contribution < 1.29 is 14.3 Å². The monoisotopic (exact) mass is 285 g/mol. The van der Waals surface area contributed by atoms with Gasteiger partial charge < -0.3 is 14.8 Å². The van der Waals surface area contributed by atoms with Gasteiger partial charge in [-0.05, 0) is 24.1 Å². The largest absolute Gasteiger partial charge is 0.478 e. The van der Waals surface area contributed by atoms with Gasteiger partial charge in [-0.25, -0.2) is 4.79 Å². The van der Waals surface area contributed by atoms with Crippen molar-refractivity contribution in [2.75, 3.05) is 11.9 Å². The Morgan fingerprint density at radius 2 is 2.29 bits per heavy atom. The van der Waals surface area contributed by atoms with Gasteiger partial charge in [0.15, 0.2) is 0 Å². The first-order valence-corrected chi connectivity index (χ1v) is 6.49. The van der Waals surface area contributed by atoms with Crippen molar-refractivity contribution in [3.8, 4) is 17.5 Å². The van der Waals surface area contributed by atoms with Gasteiger partial charge in [-0.2, -0.15) is 10.2 Å². The van der Waals surface area contributed by atoms with E-state index in [0.29, 0.717) is 23.9 Å². The maximum absolute atomic E-state index is 11.0. The van der Waals surface area contributed by atoms with Gasteiger partial charge in [0.2, 0.25) is 17.5 Å². The molecule has 0 saturated heterocycles. The van der Waals surface area contributed by atoms with Crippen LogP contribution in [0.2, 0.25) is 0 Å². The van der Waals surface area contributed by atoms with Gasteiger partial charge in [-0.3, -0.25) is 0 Å². The highest BCUT2D eigenvalue weighted by Gasteiger charge is 2.15. The van der Waals surface area contributed by atoms with Crippen LogP contribution in [-0.4, -0.2) is 22.6 Å².